The Labute approximate surface area is 110 Å². The predicted octanol–water partition coefficient (Wildman–Crippen LogP) is 1.62. The van der Waals surface area contributed by atoms with E-state index in [-0.39, 0.29) is 6.61 Å². The van der Waals surface area contributed by atoms with E-state index in [4.69, 9.17) is 9.84 Å². The zero-order chi connectivity index (χ0) is 13.4. The predicted molar refractivity (Wildman–Crippen MR) is 75.3 cm³/mol. The first-order valence-corrected chi connectivity index (χ1v) is 6.43. The maximum absolute atomic E-state index is 8.71. The third-order valence-electron chi connectivity index (χ3n) is 2.65. The maximum Gasteiger partial charge on any atom is 0.142 e. The van der Waals surface area contributed by atoms with Crippen molar-refractivity contribution in [1.82, 2.24) is 5.32 Å². The lowest BCUT2D eigenvalue weighted by Crippen LogP contribution is -2.16. The van der Waals surface area contributed by atoms with Crippen LogP contribution in [0.5, 0.6) is 5.75 Å². The summed E-state index contributed by atoms with van der Waals surface area (Å²) in [6.07, 6.45) is 0.786. The molecule has 1 aromatic rings. The zero-order valence-corrected chi connectivity index (χ0v) is 11.6. The summed E-state index contributed by atoms with van der Waals surface area (Å²) in [5, 5.41) is 12.0. The summed E-state index contributed by atoms with van der Waals surface area (Å²) in [6.45, 7) is 4.52. The molecule has 0 atom stereocenters. The summed E-state index contributed by atoms with van der Waals surface area (Å²) in [5.41, 5.74) is 2.29. The summed E-state index contributed by atoms with van der Waals surface area (Å²) >= 11 is 0. The minimum atomic E-state index is 0.233. The number of benzene rings is 1. The summed E-state index contributed by atoms with van der Waals surface area (Å²) in [7, 11) is 4.02. The molecule has 0 spiro atoms. The number of aliphatic hydroxyl groups excluding tert-OH is 1. The Morgan fingerprint density at radius 3 is 2.72 bits per heavy atom. The first kappa shape index (κ1) is 14.8. The molecule has 2 N–H and O–H groups in total. The first-order valence-electron chi connectivity index (χ1n) is 6.43. The smallest absolute Gasteiger partial charge is 0.142 e. The van der Waals surface area contributed by atoms with Crippen molar-refractivity contribution in [3.8, 4) is 5.75 Å². The van der Waals surface area contributed by atoms with Crippen LogP contribution in [0.4, 0.5) is 5.69 Å². The summed E-state index contributed by atoms with van der Waals surface area (Å²) in [6, 6.07) is 6.25. The Bertz CT molecular complexity index is 354. The number of aliphatic hydroxyl groups is 1. The van der Waals surface area contributed by atoms with Gasteiger partial charge in [0.1, 0.15) is 5.75 Å². The normalized spacial score (nSPS) is 10.4. The number of rotatable bonds is 8. The molecule has 0 saturated carbocycles. The van der Waals surface area contributed by atoms with Gasteiger partial charge in [-0.2, -0.15) is 0 Å². The van der Waals surface area contributed by atoms with E-state index < -0.39 is 0 Å². The van der Waals surface area contributed by atoms with Gasteiger partial charge < -0.3 is 20.1 Å². The molecular formula is C14H24N2O2. The van der Waals surface area contributed by atoms with Gasteiger partial charge in [0.05, 0.1) is 12.3 Å². The number of hydrogen-bond acceptors (Lipinski definition) is 4. The van der Waals surface area contributed by atoms with Gasteiger partial charge in [-0.1, -0.05) is 6.07 Å². The topological polar surface area (TPSA) is 44.7 Å². The Morgan fingerprint density at radius 2 is 2.11 bits per heavy atom. The molecule has 1 rings (SSSR count). The number of nitrogens with zero attached hydrogens (tertiary/aromatic N) is 1. The average molecular weight is 252 g/mol. The van der Waals surface area contributed by atoms with Crippen LogP contribution in [0, 0.1) is 0 Å². The monoisotopic (exact) mass is 252 g/mol. The third-order valence-corrected chi connectivity index (χ3v) is 2.65. The van der Waals surface area contributed by atoms with Crippen molar-refractivity contribution in [2.45, 2.75) is 19.9 Å². The van der Waals surface area contributed by atoms with E-state index in [0.717, 1.165) is 30.9 Å². The number of ether oxygens (including phenoxy) is 1. The van der Waals surface area contributed by atoms with Gasteiger partial charge in [0, 0.05) is 27.2 Å². The van der Waals surface area contributed by atoms with Crippen molar-refractivity contribution in [1.29, 1.82) is 0 Å². The minimum Gasteiger partial charge on any atom is -0.492 e. The van der Waals surface area contributed by atoms with Gasteiger partial charge in [0.15, 0.2) is 0 Å². The van der Waals surface area contributed by atoms with Gasteiger partial charge in [0.2, 0.25) is 0 Å². The van der Waals surface area contributed by atoms with Crippen molar-refractivity contribution >= 4 is 5.69 Å². The van der Waals surface area contributed by atoms with Gasteiger partial charge in [-0.25, -0.2) is 0 Å². The van der Waals surface area contributed by atoms with E-state index in [9.17, 15) is 0 Å². The molecule has 0 heterocycles. The third kappa shape index (κ3) is 4.55. The summed E-state index contributed by atoms with van der Waals surface area (Å²) < 4.78 is 5.66. The molecule has 0 aliphatic rings. The quantitative estimate of drug-likeness (QED) is 0.690. The van der Waals surface area contributed by atoms with Crippen LogP contribution in [-0.2, 0) is 6.54 Å². The Balaban J connectivity index is 2.67. The van der Waals surface area contributed by atoms with Crippen LogP contribution in [0.15, 0.2) is 18.2 Å². The van der Waals surface area contributed by atoms with E-state index in [1.54, 1.807) is 0 Å². The van der Waals surface area contributed by atoms with Crippen LogP contribution in [0.3, 0.4) is 0 Å². The second-order valence-corrected chi connectivity index (χ2v) is 4.38. The molecule has 0 unspecified atom stereocenters. The second-order valence-electron chi connectivity index (χ2n) is 4.38. The molecule has 0 aliphatic heterocycles. The van der Waals surface area contributed by atoms with E-state index in [1.807, 2.05) is 25.9 Å². The van der Waals surface area contributed by atoms with E-state index in [1.165, 1.54) is 5.56 Å². The van der Waals surface area contributed by atoms with Crippen molar-refractivity contribution in [2.24, 2.45) is 0 Å². The van der Waals surface area contributed by atoms with Crippen LogP contribution in [0.1, 0.15) is 18.9 Å². The van der Waals surface area contributed by atoms with Gasteiger partial charge in [0.25, 0.3) is 0 Å². The van der Waals surface area contributed by atoms with Crippen molar-refractivity contribution in [3.05, 3.63) is 23.8 Å². The Kier molecular flexibility index (Phi) is 6.54. The number of hydrogen-bond donors (Lipinski definition) is 2. The summed E-state index contributed by atoms with van der Waals surface area (Å²) in [5.74, 6) is 0.920. The van der Waals surface area contributed by atoms with Crippen LogP contribution in [-0.4, -0.2) is 39.0 Å². The van der Waals surface area contributed by atoms with Gasteiger partial charge in [-0.05, 0) is 37.6 Å². The fraction of sp³-hybridized carbons (Fsp3) is 0.571. The van der Waals surface area contributed by atoms with E-state index in [2.05, 4.69) is 23.5 Å². The maximum atomic E-state index is 8.71. The zero-order valence-electron chi connectivity index (χ0n) is 11.6. The second kappa shape index (κ2) is 7.95. The Morgan fingerprint density at radius 1 is 1.33 bits per heavy atom. The highest BCUT2D eigenvalue weighted by molar-refractivity contribution is 5.58. The van der Waals surface area contributed by atoms with Crippen LogP contribution in [0.25, 0.3) is 0 Å². The van der Waals surface area contributed by atoms with Crippen molar-refractivity contribution in [2.75, 3.05) is 38.8 Å². The molecule has 0 bridgehead atoms. The van der Waals surface area contributed by atoms with Gasteiger partial charge in [-0.3, -0.25) is 0 Å². The standard InChI is InChI=1S/C14H24N2O2/c1-4-18-14-10-12(11-15-8-5-9-17)6-7-13(14)16(2)3/h6-7,10,15,17H,4-5,8-9,11H2,1-3H3. The lowest BCUT2D eigenvalue weighted by Gasteiger charge is -2.18. The fourth-order valence-corrected chi connectivity index (χ4v) is 1.75. The molecule has 0 aliphatic carbocycles. The summed E-state index contributed by atoms with van der Waals surface area (Å²) in [4.78, 5) is 2.05. The molecule has 4 heteroatoms. The molecule has 18 heavy (non-hydrogen) atoms. The number of anilines is 1. The lowest BCUT2D eigenvalue weighted by molar-refractivity contribution is 0.286. The first-order chi connectivity index (χ1) is 8.69. The fourth-order valence-electron chi connectivity index (χ4n) is 1.75. The molecule has 1 aromatic carbocycles. The molecule has 0 amide bonds. The molecule has 0 radical (unpaired) electrons. The Hall–Kier alpha value is -1.26. The molecule has 0 aromatic heterocycles. The van der Waals surface area contributed by atoms with Crippen molar-refractivity contribution < 1.29 is 9.84 Å². The largest absolute Gasteiger partial charge is 0.492 e. The van der Waals surface area contributed by atoms with E-state index in [0.29, 0.717) is 6.61 Å². The van der Waals surface area contributed by atoms with Gasteiger partial charge >= 0.3 is 0 Å². The van der Waals surface area contributed by atoms with Crippen LogP contribution in [0.2, 0.25) is 0 Å². The highest BCUT2D eigenvalue weighted by Gasteiger charge is 2.06. The van der Waals surface area contributed by atoms with Crippen LogP contribution >= 0.6 is 0 Å². The molecule has 4 nitrogen and oxygen atoms in total. The highest BCUT2D eigenvalue weighted by Crippen LogP contribution is 2.28. The molecule has 102 valence electrons. The van der Waals surface area contributed by atoms with E-state index >= 15 is 0 Å². The molecule has 0 fully saturated rings. The SMILES string of the molecule is CCOc1cc(CNCCCO)ccc1N(C)C. The molecule has 0 saturated heterocycles. The molecular weight excluding hydrogens is 228 g/mol. The minimum absolute atomic E-state index is 0.233. The average Bonchev–Trinajstić information content (AvgIpc) is 2.35. The number of nitrogens with one attached hydrogen (secondary N) is 1. The lowest BCUT2D eigenvalue weighted by atomic mass is 10.1. The van der Waals surface area contributed by atoms with Crippen LogP contribution < -0.4 is 15.0 Å². The van der Waals surface area contributed by atoms with Gasteiger partial charge in [-0.15, -0.1) is 0 Å². The highest BCUT2D eigenvalue weighted by atomic mass is 16.5. The van der Waals surface area contributed by atoms with Crippen molar-refractivity contribution in [3.63, 3.8) is 0 Å².